The highest BCUT2D eigenvalue weighted by Crippen LogP contribution is 2.08. The maximum Gasteiger partial charge on any atom is 0.222 e. The van der Waals surface area contributed by atoms with E-state index in [9.17, 15) is 4.79 Å². The van der Waals surface area contributed by atoms with Gasteiger partial charge in [0.15, 0.2) is 0 Å². The smallest absolute Gasteiger partial charge is 0.222 e. The van der Waals surface area contributed by atoms with Crippen molar-refractivity contribution in [3.63, 3.8) is 0 Å². The summed E-state index contributed by atoms with van der Waals surface area (Å²) in [5.41, 5.74) is 8.47. The maximum atomic E-state index is 12.1. The van der Waals surface area contributed by atoms with E-state index >= 15 is 0 Å². The highest BCUT2D eigenvalue weighted by molar-refractivity contribution is 5.85. The fourth-order valence-corrected chi connectivity index (χ4v) is 2.00. The van der Waals surface area contributed by atoms with Crippen LogP contribution in [0.25, 0.3) is 0 Å². The summed E-state index contributed by atoms with van der Waals surface area (Å²) < 4.78 is 0. The average Bonchev–Trinajstić information content (AvgIpc) is 2.43. The topological polar surface area (TPSA) is 46.3 Å². The van der Waals surface area contributed by atoms with Crippen molar-refractivity contribution in [3.05, 3.63) is 35.4 Å². The molecule has 0 bridgehead atoms. The molecule has 3 nitrogen and oxygen atoms in total. The third-order valence-electron chi connectivity index (χ3n) is 3.83. The Kier molecular flexibility index (Phi) is 9.31. The summed E-state index contributed by atoms with van der Waals surface area (Å²) in [5, 5.41) is 0. The number of aryl methyl sites for hydroxylation is 2. The number of carbonyl (C=O) groups excluding carboxylic acids is 1. The first-order valence-corrected chi connectivity index (χ1v) is 7.45. The average molecular weight is 313 g/mol. The molecule has 1 amide bonds. The van der Waals surface area contributed by atoms with Gasteiger partial charge in [-0.1, -0.05) is 43.7 Å². The molecule has 1 rings (SSSR count). The van der Waals surface area contributed by atoms with Gasteiger partial charge in [-0.25, -0.2) is 0 Å². The zero-order chi connectivity index (χ0) is 15.1. The van der Waals surface area contributed by atoms with Crippen molar-refractivity contribution in [1.82, 2.24) is 4.90 Å². The monoisotopic (exact) mass is 312 g/mol. The Morgan fingerprint density at radius 3 is 2.33 bits per heavy atom. The molecular formula is C17H29ClN2O. The molecule has 0 fully saturated rings. The van der Waals surface area contributed by atoms with Crippen LogP contribution >= 0.6 is 12.4 Å². The lowest BCUT2D eigenvalue weighted by Crippen LogP contribution is -2.34. The second-order valence-electron chi connectivity index (χ2n) is 6.00. The molecule has 0 aliphatic carbocycles. The van der Waals surface area contributed by atoms with Crippen molar-refractivity contribution in [2.75, 3.05) is 13.6 Å². The van der Waals surface area contributed by atoms with E-state index in [1.54, 1.807) is 4.90 Å². The predicted octanol–water partition coefficient (Wildman–Crippen LogP) is 3.18. The number of hydrogen-bond acceptors (Lipinski definition) is 2. The normalized spacial score (nSPS) is 11.9. The van der Waals surface area contributed by atoms with Crippen LogP contribution in [-0.4, -0.2) is 30.4 Å². The molecule has 0 heterocycles. The van der Waals surface area contributed by atoms with Gasteiger partial charge < -0.3 is 10.6 Å². The van der Waals surface area contributed by atoms with Crippen LogP contribution in [0.4, 0.5) is 0 Å². The van der Waals surface area contributed by atoms with E-state index in [1.165, 1.54) is 11.1 Å². The first-order chi connectivity index (χ1) is 9.40. The molecule has 1 unspecified atom stereocenters. The molecule has 0 aromatic heterocycles. The SMILES string of the molecule is Cc1ccc(CCC(=O)N(C)CCC(N)C(C)C)cc1.Cl. The summed E-state index contributed by atoms with van der Waals surface area (Å²) in [4.78, 5) is 13.9. The van der Waals surface area contributed by atoms with Crippen LogP contribution in [0.3, 0.4) is 0 Å². The second kappa shape index (κ2) is 9.80. The third kappa shape index (κ3) is 7.49. The number of benzene rings is 1. The van der Waals surface area contributed by atoms with Gasteiger partial charge >= 0.3 is 0 Å². The van der Waals surface area contributed by atoms with Crippen molar-refractivity contribution in [3.8, 4) is 0 Å². The number of amides is 1. The Hall–Kier alpha value is -1.06. The van der Waals surface area contributed by atoms with Crippen molar-refractivity contribution < 1.29 is 4.79 Å². The molecule has 0 aliphatic heterocycles. The van der Waals surface area contributed by atoms with Crippen LogP contribution in [0.5, 0.6) is 0 Å². The van der Waals surface area contributed by atoms with Gasteiger partial charge in [-0.2, -0.15) is 0 Å². The molecule has 0 radical (unpaired) electrons. The molecule has 1 aromatic carbocycles. The number of nitrogens with zero attached hydrogens (tertiary/aromatic N) is 1. The van der Waals surface area contributed by atoms with Crippen LogP contribution in [0.15, 0.2) is 24.3 Å². The van der Waals surface area contributed by atoms with E-state index < -0.39 is 0 Å². The van der Waals surface area contributed by atoms with Gasteiger partial charge in [0.25, 0.3) is 0 Å². The summed E-state index contributed by atoms with van der Waals surface area (Å²) >= 11 is 0. The van der Waals surface area contributed by atoms with E-state index in [1.807, 2.05) is 7.05 Å². The molecule has 0 spiro atoms. The Bertz CT molecular complexity index is 417. The standard InChI is InChI=1S/C17H28N2O.ClH/c1-13(2)16(18)11-12-19(4)17(20)10-9-15-7-5-14(3)6-8-15;/h5-8,13,16H,9-12,18H2,1-4H3;1H. The summed E-state index contributed by atoms with van der Waals surface area (Å²) in [6.07, 6.45) is 2.24. The third-order valence-corrected chi connectivity index (χ3v) is 3.83. The van der Waals surface area contributed by atoms with Gasteiger partial charge in [-0.3, -0.25) is 4.79 Å². The number of carbonyl (C=O) groups is 1. The summed E-state index contributed by atoms with van der Waals surface area (Å²) in [6, 6.07) is 8.53. The predicted molar refractivity (Wildman–Crippen MR) is 91.8 cm³/mol. The van der Waals surface area contributed by atoms with Gasteiger partial charge in [0.05, 0.1) is 0 Å². The van der Waals surface area contributed by atoms with Crippen molar-refractivity contribution in [2.45, 2.75) is 46.1 Å². The van der Waals surface area contributed by atoms with E-state index in [4.69, 9.17) is 5.73 Å². The maximum absolute atomic E-state index is 12.1. The minimum absolute atomic E-state index is 0. The largest absolute Gasteiger partial charge is 0.346 e. The quantitative estimate of drug-likeness (QED) is 0.840. The Balaban J connectivity index is 0.00000400. The summed E-state index contributed by atoms with van der Waals surface area (Å²) in [5.74, 6) is 0.660. The van der Waals surface area contributed by atoms with Gasteiger partial charge in [0.1, 0.15) is 0 Å². The Labute approximate surface area is 135 Å². The number of hydrogen-bond donors (Lipinski definition) is 1. The van der Waals surface area contributed by atoms with E-state index in [2.05, 4.69) is 45.0 Å². The highest BCUT2D eigenvalue weighted by Gasteiger charge is 2.12. The highest BCUT2D eigenvalue weighted by atomic mass is 35.5. The Morgan fingerprint density at radius 2 is 1.81 bits per heavy atom. The molecule has 0 saturated heterocycles. The molecular weight excluding hydrogens is 284 g/mol. The zero-order valence-corrected chi connectivity index (χ0v) is 14.5. The fraction of sp³-hybridized carbons (Fsp3) is 0.588. The minimum Gasteiger partial charge on any atom is -0.346 e. The van der Waals surface area contributed by atoms with Crippen molar-refractivity contribution >= 4 is 18.3 Å². The first kappa shape index (κ1) is 19.9. The van der Waals surface area contributed by atoms with E-state index in [0.29, 0.717) is 12.3 Å². The number of halogens is 1. The lowest BCUT2D eigenvalue weighted by atomic mass is 10.0. The van der Waals surface area contributed by atoms with Crippen LogP contribution in [0.2, 0.25) is 0 Å². The molecule has 2 N–H and O–H groups in total. The number of rotatable bonds is 7. The van der Waals surface area contributed by atoms with Crippen LogP contribution in [-0.2, 0) is 11.2 Å². The van der Waals surface area contributed by atoms with Gasteiger partial charge in [0.2, 0.25) is 5.91 Å². The molecule has 120 valence electrons. The Morgan fingerprint density at radius 1 is 1.24 bits per heavy atom. The summed E-state index contributed by atoms with van der Waals surface area (Å²) in [7, 11) is 1.87. The van der Waals surface area contributed by atoms with Crippen LogP contribution in [0, 0.1) is 12.8 Å². The van der Waals surface area contributed by atoms with Crippen molar-refractivity contribution in [2.24, 2.45) is 11.7 Å². The summed E-state index contributed by atoms with van der Waals surface area (Å²) in [6.45, 7) is 7.04. The zero-order valence-electron chi connectivity index (χ0n) is 13.6. The second-order valence-corrected chi connectivity index (χ2v) is 6.00. The molecule has 1 aromatic rings. The number of nitrogens with two attached hydrogens (primary N) is 1. The molecule has 0 aliphatic rings. The van der Waals surface area contributed by atoms with Crippen molar-refractivity contribution in [1.29, 1.82) is 0 Å². The first-order valence-electron chi connectivity index (χ1n) is 7.45. The van der Waals surface area contributed by atoms with Gasteiger partial charge in [-0.15, -0.1) is 12.4 Å². The molecule has 21 heavy (non-hydrogen) atoms. The van der Waals surface area contributed by atoms with E-state index in [-0.39, 0.29) is 24.4 Å². The van der Waals surface area contributed by atoms with Gasteiger partial charge in [0, 0.05) is 26.1 Å². The van der Waals surface area contributed by atoms with Crippen LogP contribution < -0.4 is 5.73 Å². The fourth-order valence-electron chi connectivity index (χ4n) is 2.00. The molecule has 1 atom stereocenters. The molecule has 4 heteroatoms. The lowest BCUT2D eigenvalue weighted by molar-refractivity contribution is -0.129. The lowest BCUT2D eigenvalue weighted by Gasteiger charge is -2.21. The van der Waals surface area contributed by atoms with Gasteiger partial charge in [-0.05, 0) is 31.2 Å². The van der Waals surface area contributed by atoms with Crippen LogP contribution in [0.1, 0.15) is 37.8 Å². The molecule has 0 saturated carbocycles. The van der Waals surface area contributed by atoms with E-state index in [0.717, 1.165) is 19.4 Å². The minimum atomic E-state index is 0.